The van der Waals surface area contributed by atoms with Gasteiger partial charge >= 0.3 is 6.18 Å². The number of aliphatic imine (C=N–C) groups is 1. The van der Waals surface area contributed by atoms with Gasteiger partial charge in [0.15, 0.2) is 0 Å². The molecule has 0 radical (unpaired) electrons. The Morgan fingerprint density at radius 3 is 2.55 bits per heavy atom. The average Bonchev–Trinajstić information content (AvgIpc) is 2.99. The molecule has 0 fully saturated rings. The summed E-state index contributed by atoms with van der Waals surface area (Å²) in [6.07, 6.45) is 0.415. The molecule has 2 aromatic rings. The molecule has 172 valence electrons. The standard InChI is InChI=1S/C21H15F4N3O4S/c22-16-7-6-13(9-15(16)21(23,24)25)33(31,32)27-17-5-1-4-14-18(17)20(30)28(19(14)29)11-12-3-2-8-26-10-12/h1-2,4-10,12,27H,3,11H2. The number of hydrogen-bond donors (Lipinski definition) is 1. The molecule has 2 aliphatic heterocycles. The maximum atomic E-state index is 13.6. The second-order valence-electron chi connectivity index (χ2n) is 7.37. The van der Waals surface area contributed by atoms with Gasteiger partial charge in [0.25, 0.3) is 21.8 Å². The number of alkyl halides is 3. The van der Waals surface area contributed by atoms with E-state index in [0.29, 0.717) is 18.6 Å². The minimum Gasteiger partial charge on any atom is -0.279 e. The molecule has 12 heteroatoms. The first-order chi connectivity index (χ1) is 15.5. The van der Waals surface area contributed by atoms with E-state index < -0.39 is 44.3 Å². The summed E-state index contributed by atoms with van der Waals surface area (Å²) in [5, 5.41) is 0. The number of fused-ring (bicyclic) bond motifs is 1. The molecule has 0 saturated carbocycles. The van der Waals surface area contributed by atoms with Crippen LogP contribution in [0.4, 0.5) is 23.2 Å². The van der Waals surface area contributed by atoms with Crippen LogP contribution < -0.4 is 4.72 Å². The summed E-state index contributed by atoms with van der Waals surface area (Å²) in [4.78, 5) is 29.8. The maximum Gasteiger partial charge on any atom is 0.419 e. The Bertz CT molecular complexity index is 1320. The number of anilines is 1. The molecule has 0 aromatic heterocycles. The van der Waals surface area contributed by atoms with E-state index in [1.807, 2.05) is 0 Å². The van der Waals surface area contributed by atoms with Gasteiger partial charge in [-0.1, -0.05) is 12.1 Å². The third-order valence-electron chi connectivity index (χ3n) is 5.14. The van der Waals surface area contributed by atoms with Crippen LogP contribution in [0, 0.1) is 11.7 Å². The maximum absolute atomic E-state index is 13.6. The molecular weight excluding hydrogens is 466 g/mol. The van der Waals surface area contributed by atoms with Crippen molar-refractivity contribution < 1.29 is 35.6 Å². The number of amides is 2. The van der Waals surface area contributed by atoms with Gasteiger partial charge in [-0.2, -0.15) is 13.2 Å². The Balaban J connectivity index is 1.66. The fourth-order valence-electron chi connectivity index (χ4n) is 3.56. The van der Waals surface area contributed by atoms with Crippen molar-refractivity contribution in [3.8, 4) is 0 Å². The van der Waals surface area contributed by atoms with E-state index in [2.05, 4.69) is 9.71 Å². The molecule has 4 rings (SSSR count). The van der Waals surface area contributed by atoms with Gasteiger partial charge in [-0.15, -0.1) is 0 Å². The summed E-state index contributed by atoms with van der Waals surface area (Å²) in [6, 6.07) is 5.12. The number of imide groups is 1. The van der Waals surface area contributed by atoms with Crippen LogP contribution in [0.5, 0.6) is 0 Å². The highest BCUT2D eigenvalue weighted by Crippen LogP contribution is 2.35. The van der Waals surface area contributed by atoms with Crippen LogP contribution in [-0.4, -0.2) is 37.9 Å². The van der Waals surface area contributed by atoms with Gasteiger partial charge < -0.3 is 0 Å². The Labute approximate surface area is 185 Å². The summed E-state index contributed by atoms with van der Waals surface area (Å²) in [7, 11) is -4.65. The van der Waals surface area contributed by atoms with Crippen molar-refractivity contribution in [2.24, 2.45) is 10.9 Å². The first kappa shape index (κ1) is 22.6. The van der Waals surface area contributed by atoms with E-state index in [4.69, 9.17) is 0 Å². The van der Waals surface area contributed by atoms with Gasteiger partial charge in [0.1, 0.15) is 5.82 Å². The third-order valence-corrected chi connectivity index (χ3v) is 6.50. The first-order valence-electron chi connectivity index (χ1n) is 9.56. The molecule has 0 saturated heterocycles. The van der Waals surface area contributed by atoms with Gasteiger partial charge in [-0.05, 0) is 36.8 Å². The van der Waals surface area contributed by atoms with Crippen LogP contribution in [-0.2, 0) is 16.2 Å². The molecule has 2 aliphatic rings. The Morgan fingerprint density at radius 1 is 1.12 bits per heavy atom. The molecule has 1 unspecified atom stereocenters. The van der Waals surface area contributed by atoms with Crippen LogP contribution in [0.2, 0.25) is 0 Å². The fraction of sp³-hybridized carbons (Fsp3) is 0.190. The van der Waals surface area contributed by atoms with Crippen molar-refractivity contribution >= 4 is 33.7 Å². The summed E-state index contributed by atoms with van der Waals surface area (Å²) in [5.74, 6) is -3.21. The van der Waals surface area contributed by atoms with Crippen LogP contribution in [0.15, 0.2) is 58.6 Å². The predicted molar refractivity (Wildman–Crippen MR) is 110 cm³/mol. The molecule has 7 nitrogen and oxygen atoms in total. The third kappa shape index (κ3) is 4.25. The molecule has 0 aliphatic carbocycles. The molecule has 0 bridgehead atoms. The van der Waals surface area contributed by atoms with Crippen LogP contribution in [0.25, 0.3) is 0 Å². The highest BCUT2D eigenvalue weighted by molar-refractivity contribution is 7.92. The predicted octanol–water partition coefficient (Wildman–Crippen LogP) is 3.85. The van der Waals surface area contributed by atoms with Gasteiger partial charge in [-0.3, -0.25) is 24.2 Å². The van der Waals surface area contributed by atoms with Gasteiger partial charge in [0.2, 0.25) is 0 Å². The number of halogens is 4. The molecule has 2 heterocycles. The minimum absolute atomic E-state index is 0.0271. The van der Waals surface area contributed by atoms with Gasteiger partial charge in [-0.25, -0.2) is 12.8 Å². The Morgan fingerprint density at radius 2 is 1.88 bits per heavy atom. The summed E-state index contributed by atoms with van der Waals surface area (Å²) < 4.78 is 80.1. The number of carbonyl (C=O) groups is 2. The van der Waals surface area contributed by atoms with Crippen LogP contribution >= 0.6 is 0 Å². The van der Waals surface area contributed by atoms with Crippen molar-refractivity contribution in [3.05, 3.63) is 71.2 Å². The lowest BCUT2D eigenvalue weighted by Gasteiger charge is -2.19. The number of benzene rings is 2. The zero-order chi connectivity index (χ0) is 24.0. The van der Waals surface area contributed by atoms with E-state index in [9.17, 15) is 35.6 Å². The number of allylic oxidation sites excluding steroid dienone is 1. The lowest BCUT2D eigenvalue weighted by molar-refractivity contribution is -0.140. The molecule has 0 spiro atoms. The van der Waals surface area contributed by atoms with Gasteiger partial charge in [0, 0.05) is 24.9 Å². The van der Waals surface area contributed by atoms with Crippen LogP contribution in [0.3, 0.4) is 0 Å². The number of rotatable bonds is 5. The Kier molecular flexibility index (Phi) is 5.56. The summed E-state index contributed by atoms with van der Waals surface area (Å²) >= 11 is 0. The quantitative estimate of drug-likeness (QED) is 0.519. The van der Waals surface area contributed by atoms with E-state index >= 15 is 0 Å². The van der Waals surface area contributed by atoms with E-state index in [1.165, 1.54) is 18.2 Å². The molecule has 1 atom stereocenters. The van der Waals surface area contributed by atoms with Crippen LogP contribution in [0.1, 0.15) is 32.7 Å². The van der Waals surface area contributed by atoms with E-state index in [0.717, 1.165) is 4.90 Å². The summed E-state index contributed by atoms with van der Waals surface area (Å²) in [5.41, 5.74) is -2.28. The van der Waals surface area contributed by atoms with Crippen molar-refractivity contribution in [1.29, 1.82) is 0 Å². The second kappa shape index (κ2) is 8.10. The topological polar surface area (TPSA) is 95.9 Å². The summed E-state index contributed by atoms with van der Waals surface area (Å²) in [6.45, 7) is 0.0271. The molecule has 2 aromatic carbocycles. The normalized spacial score (nSPS) is 18.1. The number of carbonyl (C=O) groups excluding carboxylic acids is 2. The smallest absolute Gasteiger partial charge is 0.279 e. The SMILES string of the molecule is O=C1c2cccc(NS(=O)(=O)c3ccc(F)c(C(F)(F)F)c3)c2C(=O)N1CC1C=NC=CC1. The van der Waals surface area contributed by atoms with Crippen molar-refractivity contribution in [2.75, 3.05) is 11.3 Å². The molecule has 2 amide bonds. The zero-order valence-corrected chi connectivity index (χ0v) is 17.5. The number of nitrogens with one attached hydrogen (secondary N) is 1. The number of sulfonamides is 1. The highest BCUT2D eigenvalue weighted by Gasteiger charge is 2.39. The second-order valence-corrected chi connectivity index (χ2v) is 9.06. The van der Waals surface area contributed by atoms with Crippen molar-refractivity contribution in [1.82, 2.24) is 4.90 Å². The van der Waals surface area contributed by atoms with Gasteiger partial charge in [0.05, 0.1) is 27.3 Å². The van der Waals surface area contributed by atoms with Crippen molar-refractivity contribution in [2.45, 2.75) is 17.5 Å². The average molecular weight is 481 g/mol. The monoisotopic (exact) mass is 481 g/mol. The van der Waals surface area contributed by atoms with E-state index in [1.54, 1.807) is 18.5 Å². The minimum atomic E-state index is -5.11. The number of hydrogen-bond acceptors (Lipinski definition) is 5. The zero-order valence-electron chi connectivity index (χ0n) is 16.6. The van der Waals surface area contributed by atoms with Crippen molar-refractivity contribution in [3.63, 3.8) is 0 Å². The first-order valence-corrected chi connectivity index (χ1v) is 11.0. The van der Waals surface area contributed by atoms with E-state index in [-0.39, 0.29) is 35.3 Å². The lowest BCUT2D eigenvalue weighted by atomic mass is 10.1. The largest absolute Gasteiger partial charge is 0.419 e. The molecular formula is C21H15F4N3O4S. The highest BCUT2D eigenvalue weighted by atomic mass is 32.2. The fourth-order valence-corrected chi connectivity index (χ4v) is 4.66. The lowest BCUT2D eigenvalue weighted by Crippen LogP contribution is -2.35. The number of nitrogens with zero attached hydrogens (tertiary/aromatic N) is 2. The Hall–Kier alpha value is -3.54. The molecule has 33 heavy (non-hydrogen) atoms. The molecule has 1 N–H and O–H groups in total.